The van der Waals surface area contributed by atoms with Crippen molar-refractivity contribution in [1.82, 2.24) is 0 Å². The number of benzene rings is 2. The Bertz CT molecular complexity index is 736. The number of phenols is 1. The Hall–Kier alpha value is -2.82. The Morgan fingerprint density at radius 1 is 0.957 bits per heavy atom. The van der Waals surface area contributed by atoms with Crippen LogP contribution in [0.3, 0.4) is 0 Å². The fraction of sp³-hybridized carbons (Fsp3) is 0.222. The van der Waals surface area contributed by atoms with Gasteiger partial charge in [-0.15, -0.1) is 0 Å². The first-order valence-electron chi connectivity index (χ1n) is 7.44. The molecular formula is C18H19NO4. The molecule has 0 bridgehead atoms. The zero-order valence-corrected chi connectivity index (χ0v) is 13.1. The lowest BCUT2D eigenvalue weighted by Crippen LogP contribution is -2.22. The standard InChI is InChI=1S/C18H19NO4/c1-3-19(4-2)12-9-10-16(20)15(11-12)17(21)13-7-5-6-8-14(13)18(22)23/h5-11,20H,3-4H2,1-2H3,(H,22,23). The molecule has 23 heavy (non-hydrogen) atoms. The number of carboxylic acids is 1. The van der Waals surface area contributed by atoms with Gasteiger partial charge in [0.15, 0.2) is 5.78 Å². The van der Waals surface area contributed by atoms with E-state index in [1.165, 1.54) is 18.2 Å². The van der Waals surface area contributed by atoms with Crippen LogP contribution in [0, 0.1) is 0 Å². The van der Waals surface area contributed by atoms with Crippen molar-refractivity contribution in [1.29, 1.82) is 0 Å². The third-order valence-electron chi connectivity index (χ3n) is 3.76. The van der Waals surface area contributed by atoms with Gasteiger partial charge in [-0.2, -0.15) is 0 Å². The van der Waals surface area contributed by atoms with E-state index in [-0.39, 0.29) is 22.4 Å². The summed E-state index contributed by atoms with van der Waals surface area (Å²) in [6.45, 7) is 5.52. The number of ketones is 1. The molecule has 0 aliphatic rings. The van der Waals surface area contributed by atoms with Crippen LogP contribution in [-0.4, -0.2) is 35.1 Å². The van der Waals surface area contributed by atoms with Crippen LogP contribution in [0.1, 0.15) is 40.1 Å². The Morgan fingerprint density at radius 3 is 2.13 bits per heavy atom. The highest BCUT2D eigenvalue weighted by atomic mass is 16.4. The summed E-state index contributed by atoms with van der Waals surface area (Å²) in [5.74, 6) is -1.84. The fourth-order valence-electron chi connectivity index (χ4n) is 2.50. The maximum atomic E-state index is 12.7. The van der Waals surface area contributed by atoms with Crippen LogP contribution in [0.4, 0.5) is 5.69 Å². The smallest absolute Gasteiger partial charge is 0.336 e. The number of carbonyl (C=O) groups excluding carboxylic acids is 1. The molecule has 0 saturated carbocycles. The lowest BCUT2D eigenvalue weighted by molar-refractivity contribution is 0.0692. The second-order valence-electron chi connectivity index (χ2n) is 5.05. The van der Waals surface area contributed by atoms with Crippen LogP contribution < -0.4 is 4.90 Å². The average molecular weight is 313 g/mol. The summed E-state index contributed by atoms with van der Waals surface area (Å²) in [5.41, 5.74) is 0.893. The first-order chi connectivity index (χ1) is 11.0. The second-order valence-corrected chi connectivity index (χ2v) is 5.05. The number of hydrogen-bond acceptors (Lipinski definition) is 4. The van der Waals surface area contributed by atoms with Gasteiger partial charge in [0.05, 0.1) is 11.1 Å². The summed E-state index contributed by atoms with van der Waals surface area (Å²) in [7, 11) is 0. The van der Waals surface area contributed by atoms with E-state index in [2.05, 4.69) is 0 Å². The van der Waals surface area contributed by atoms with Crippen molar-refractivity contribution >= 4 is 17.4 Å². The number of phenolic OH excluding ortho intramolecular Hbond substituents is 1. The molecule has 0 aromatic heterocycles. The van der Waals surface area contributed by atoms with E-state index in [1.54, 1.807) is 24.3 Å². The van der Waals surface area contributed by atoms with E-state index >= 15 is 0 Å². The molecule has 0 atom stereocenters. The molecule has 2 rings (SSSR count). The topological polar surface area (TPSA) is 77.8 Å². The molecule has 0 unspecified atom stereocenters. The van der Waals surface area contributed by atoms with Gasteiger partial charge >= 0.3 is 5.97 Å². The van der Waals surface area contributed by atoms with Crippen LogP contribution in [0.15, 0.2) is 42.5 Å². The molecule has 2 N–H and O–H groups in total. The SMILES string of the molecule is CCN(CC)c1ccc(O)c(C(=O)c2ccccc2C(=O)O)c1. The molecule has 120 valence electrons. The highest BCUT2D eigenvalue weighted by Crippen LogP contribution is 2.27. The summed E-state index contributed by atoms with van der Waals surface area (Å²) < 4.78 is 0. The monoisotopic (exact) mass is 313 g/mol. The van der Waals surface area contributed by atoms with Crippen molar-refractivity contribution in [2.45, 2.75) is 13.8 Å². The molecule has 0 aliphatic heterocycles. The summed E-state index contributed by atoms with van der Waals surface area (Å²) in [4.78, 5) is 26.0. The van der Waals surface area contributed by atoms with Gasteiger partial charge in [0, 0.05) is 24.3 Å². The summed E-state index contributed by atoms with van der Waals surface area (Å²) in [6, 6.07) is 10.8. The third-order valence-corrected chi connectivity index (χ3v) is 3.76. The van der Waals surface area contributed by atoms with E-state index in [4.69, 9.17) is 0 Å². The molecule has 0 heterocycles. The molecule has 0 aliphatic carbocycles. The predicted octanol–water partition coefficient (Wildman–Crippen LogP) is 3.17. The molecule has 0 fully saturated rings. The molecule has 2 aromatic rings. The highest BCUT2D eigenvalue weighted by molar-refractivity contribution is 6.15. The lowest BCUT2D eigenvalue weighted by Gasteiger charge is -2.21. The zero-order valence-electron chi connectivity index (χ0n) is 13.1. The summed E-state index contributed by atoms with van der Waals surface area (Å²) in [6.07, 6.45) is 0. The van der Waals surface area contributed by atoms with E-state index < -0.39 is 11.8 Å². The number of aromatic carboxylic acids is 1. The summed E-state index contributed by atoms with van der Waals surface area (Å²) in [5, 5.41) is 19.3. The predicted molar refractivity (Wildman–Crippen MR) is 88.5 cm³/mol. The van der Waals surface area contributed by atoms with Crippen molar-refractivity contribution in [3.05, 3.63) is 59.2 Å². The van der Waals surface area contributed by atoms with Crippen LogP contribution >= 0.6 is 0 Å². The highest BCUT2D eigenvalue weighted by Gasteiger charge is 2.20. The van der Waals surface area contributed by atoms with E-state index in [0.717, 1.165) is 18.8 Å². The van der Waals surface area contributed by atoms with Crippen molar-refractivity contribution in [2.24, 2.45) is 0 Å². The maximum absolute atomic E-state index is 12.7. The molecule has 0 radical (unpaired) electrons. The van der Waals surface area contributed by atoms with E-state index in [1.807, 2.05) is 18.7 Å². The molecule has 5 nitrogen and oxygen atoms in total. The van der Waals surface area contributed by atoms with Crippen molar-refractivity contribution in [3.63, 3.8) is 0 Å². The Kier molecular flexibility index (Phi) is 5.01. The Morgan fingerprint density at radius 2 is 1.57 bits per heavy atom. The number of carbonyl (C=O) groups is 2. The largest absolute Gasteiger partial charge is 0.507 e. The minimum Gasteiger partial charge on any atom is -0.507 e. The molecular weight excluding hydrogens is 294 g/mol. The Labute approximate surface area is 134 Å². The van der Waals surface area contributed by atoms with Crippen LogP contribution in [0.5, 0.6) is 5.75 Å². The first kappa shape index (κ1) is 16.5. The fourth-order valence-corrected chi connectivity index (χ4v) is 2.50. The molecule has 0 amide bonds. The van der Waals surface area contributed by atoms with Gasteiger partial charge in [0.25, 0.3) is 0 Å². The lowest BCUT2D eigenvalue weighted by atomic mass is 9.97. The minimum absolute atomic E-state index is 0.0620. The van der Waals surface area contributed by atoms with Crippen LogP contribution in [-0.2, 0) is 0 Å². The van der Waals surface area contributed by atoms with E-state index in [9.17, 15) is 19.8 Å². The van der Waals surface area contributed by atoms with Crippen molar-refractivity contribution in [2.75, 3.05) is 18.0 Å². The Balaban J connectivity index is 2.52. The molecule has 0 saturated heterocycles. The molecule has 0 spiro atoms. The first-order valence-corrected chi connectivity index (χ1v) is 7.44. The van der Waals surface area contributed by atoms with Gasteiger partial charge in [0.2, 0.25) is 0 Å². The number of anilines is 1. The number of rotatable bonds is 6. The van der Waals surface area contributed by atoms with Crippen LogP contribution in [0.25, 0.3) is 0 Å². The van der Waals surface area contributed by atoms with Gasteiger partial charge in [-0.25, -0.2) is 4.79 Å². The normalized spacial score (nSPS) is 10.3. The van der Waals surface area contributed by atoms with Crippen molar-refractivity contribution in [3.8, 4) is 5.75 Å². The third kappa shape index (κ3) is 3.34. The average Bonchev–Trinajstić information content (AvgIpc) is 2.56. The number of aromatic hydroxyl groups is 1. The zero-order chi connectivity index (χ0) is 17.0. The van der Waals surface area contributed by atoms with E-state index in [0.29, 0.717) is 0 Å². The minimum atomic E-state index is -1.17. The van der Waals surface area contributed by atoms with Gasteiger partial charge < -0.3 is 15.1 Å². The van der Waals surface area contributed by atoms with Gasteiger partial charge in [0.1, 0.15) is 5.75 Å². The molecule has 2 aromatic carbocycles. The number of carboxylic acid groups (broad SMARTS) is 1. The van der Waals surface area contributed by atoms with Crippen LogP contribution in [0.2, 0.25) is 0 Å². The summed E-state index contributed by atoms with van der Waals surface area (Å²) >= 11 is 0. The number of nitrogens with zero attached hydrogens (tertiary/aromatic N) is 1. The van der Waals surface area contributed by atoms with Crippen molar-refractivity contribution < 1.29 is 19.8 Å². The maximum Gasteiger partial charge on any atom is 0.336 e. The number of hydrogen-bond donors (Lipinski definition) is 2. The second kappa shape index (κ2) is 6.96. The van der Waals surface area contributed by atoms with Gasteiger partial charge in [-0.1, -0.05) is 18.2 Å². The van der Waals surface area contributed by atoms with Gasteiger partial charge in [-0.05, 0) is 38.1 Å². The van der Waals surface area contributed by atoms with Gasteiger partial charge in [-0.3, -0.25) is 4.79 Å². The quantitative estimate of drug-likeness (QED) is 0.801. The molecule has 5 heteroatoms.